The minimum atomic E-state index is 0.242. The summed E-state index contributed by atoms with van der Waals surface area (Å²) in [6.07, 6.45) is 9.62. The molecule has 16 heavy (non-hydrogen) atoms. The van der Waals surface area contributed by atoms with Gasteiger partial charge in [-0.25, -0.2) is 0 Å². The molecule has 0 radical (unpaired) electrons. The number of hydrogen-bond acceptors (Lipinski definition) is 3. The van der Waals surface area contributed by atoms with E-state index in [0.29, 0.717) is 6.10 Å². The summed E-state index contributed by atoms with van der Waals surface area (Å²) in [5.74, 6) is 0. The summed E-state index contributed by atoms with van der Waals surface area (Å²) in [6.45, 7) is 0.935. The standard InChI is InChI=1S/C13H20N2O/c14-12(3-4-13-2-1-9-16-13)10-11-5-7-15-8-6-11/h5-8,12-13H,1-4,9-10,14H2. The second kappa shape index (κ2) is 5.97. The average Bonchev–Trinajstić information content (AvgIpc) is 2.81. The maximum atomic E-state index is 6.11. The quantitative estimate of drug-likeness (QED) is 0.824. The molecule has 1 aromatic rings. The van der Waals surface area contributed by atoms with E-state index in [0.717, 1.165) is 25.9 Å². The highest BCUT2D eigenvalue weighted by molar-refractivity contribution is 5.11. The monoisotopic (exact) mass is 220 g/mol. The van der Waals surface area contributed by atoms with Crippen LogP contribution in [0.1, 0.15) is 31.2 Å². The molecule has 0 bridgehead atoms. The summed E-state index contributed by atoms with van der Waals surface area (Å²) in [6, 6.07) is 4.31. The molecule has 3 nitrogen and oxygen atoms in total. The molecule has 1 fully saturated rings. The summed E-state index contributed by atoms with van der Waals surface area (Å²) in [7, 11) is 0. The van der Waals surface area contributed by atoms with Crippen molar-refractivity contribution in [3.8, 4) is 0 Å². The molecule has 88 valence electrons. The second-order valence-electron chi connectivity index (χ2n) is 4.53. The van der Waals surface area contributed by atoms with Gasteiger partial charge in [-0.05, 0) is 49.8 Å². The number of nitrogens with two attached hydrogens (primary N) is 1. The third-order valence-corrected chi connectivity index (χ3v) is 3.13. The second-order valence-corrected chi connectivity index (χ2v) is 4.53. The smallest absolute Gasteiger partial charge is 0.0576 e. The lowest BCUT2D eigenvalue weighted by Crippen LogP contribution is -2.24. The van der Waals surface area contributed by atoms with Crippen molar-refractivity contribution in [3.63, 3.8) is 0 Å². The zero-order valence-corrected chi connectivity index (χ0v) is 9.64. The molecule has 2 N–H and O–H groups in total. The van der Waals surface area contributed by atoms with Crippen LogP contribution in [-0.2, 0) is 11.2 Å². The molecule has 2 unspecified atom stereocenters. The number of pyridine rings is 1. The molecule has 1 saturated heterocycles. The summed E-state index contributed by atoms with van der Waals surface area (Å²) in [4.78, 5) is 4.00. The fourth-order valence-electron chi connectivity index (χ4n) is 2.20. The Balaban J connectivity index is 1.69. The molecule has 0 saturated carbocycles. The Morgan fingerprint density at radius 1 is 1.44 bits per heavy atom. The predicted molar refractivity (Wildman–Crippen MR) is 64.1 cm³/mol. The molecule has 1 aliphatic rings. The fraction of sp³-hybridized carbons (Fsp3) is 0.615. The maximum absolute atomic E-state index is 6.11. The third-order valence-electron chi connectivity index (χ3n) is 3.13. The van der Waals surface area contributed by atoms with Gasteiger partial charge in [0.05, 0.1) is 6.10 Å². The molecule has 2 atom stereocenters. The number of aromatic nitrogens is 1. The van der Waals surface area contributed by atoms with Crippen molar-refractivity contribution < 1.29 is 4.74 Å². The van der Waals surface area contributed by atoms with Crippen molar-refractivity contribution in [1.29, 1.82) is 0 Å². The molecular weight excluding hydrogens is 200 g/mol. The van der Waals surface area contributed by atoms with Gasteiger partial charge in [-0.2, -0.15) is 0 Å². The van der Waals surface area contributed by atoms with Crippen molar-refractivity contribution in [2.45, 2.75) is 44.2 Å². The molecule has 0 aromatic carbocycles. The Labute approximate surface area is 97.0 Å². The van der Waals surface area contributed by atoms with Crippen LogP contribution in [0.25, 0.3) is 0 Å². The molecule has 3 heteroatoms. The molecule has 2 rings (SSSR count). The highest BCUT2D eigenvalue weighted by Crippen LogP contribution is 2.18. The van der Waals surface area contributed by atoms with Crippen LogP contribution in [0.3, 0.4) is 0 Å². The van der Waals surface area contributed by atoms with Gasteiger partial charge in [-0.3, -0.25) is 4.98 Å². The van der Waals surface area contributed by atoms with Crippen LogP contribution in [0.2, 0.25) is 0 Å². The first-order valence-electron chi connectivity index (χ1n) is 6.10. The first-order valence-corrected chi connectivity index (χ1v) is 6.10. The molecule has 0 spiro atoms. The number of nitrogens with zero attached hydrogens (tertiary/aromatic N) is 1. The van der Waals surface area contributed by atoms with E-state index in [1.54, 1.807) is 0 Å². The van der Waals surface area contributed by atoms with Crippen molar-refractivity contribution in [2.24, 2.45) is 5.73 Å². The summed E-state index contributed by atoms with van der Waals surface area (Å²) in [5, 5.41) is 0. The number of ether oxygens (including phenoxy) is 1. The van der Waals surface area contributed by atoms with Gasteiger partial charge in [0.15, 0.2) is 0 Å². The van der Waals surface area contributed by atoms with E-state index in [9.17, 15) is 0 Å². The van der Waals surface area contributed by atoms with Crippen molar-refractivity contribution in [2.75, 3.05) is 6.61 Å². The minimum Gasteiger partial charge on any atom is -0.378 e. The first-order chi connectivity index (χ1) is 7.84. The van der Waals surface area contributed by atoms with Gasteiger partial charge in [-0.15, -0.1) is 0 Å². The Bertz CT molecular complexity index is 296. The molecular formula is C13H20N2O. The first kappa shape index (κ1) is 11.6. The van der Waals surface area contributed by atoms with E-state index in [1.807, 2.05) is 24.5 Å². The molecule has 1 aliphatic heterocycles. The zero-order valence-electron chi connectivity index (χ0n) is 9.64. The SMILES string of the molecule is NC(CCC1CCCO1)Cc1ccncc1. The minimum absolute atomic E-state index is 0.242. The van der Waals surface area contributed by atoms with Crippen LogP contribution in [0.15, 0.2) is 24.5 Å². The highest BCUT2D eigenvalue weighted by atomic mass is 16.5. The molecule has 2 heterocycles. The lowest BCUT2D eigenvalue weighted by atomic mass is 10.0. The largest absolute Gasteiger partial charge is 0.378 e. The van der Waals surface area contributed by atoms with Gasteiger partial charge in [0.25, 0.3) is 0 Å². The van der Waals surface area contributed by atoms with Crippen LogP contribution < -0.4 is 5.73 Å². The van der Waals surface area contributed by atoms with E-state index >= 15 is 0 Å². The summed E-state index contributed by atoms with van der Waals surface area (Å²) < 4.78 is 5.59. The Morgan fingerprint density at radius 2 is 2.25 bits per heavy atom. The highest BCUT2D eigenvalue weighted by Gasteiger charge is 2.16. The Hall–Kier alpha value is -0.930. The Morgan fingerprint density at radius 3 is 2.94 bits per heavy atom. The van der Waals surface area contributed by atoms with Gasteiger partial charge < -0.3 is 10.5 Å². The van der Waals surface area contributed by atoms with E-state index < -0.39 is 0 Å². The lowest BCUT2D eigenvalue weighted by Gasteiger charge is -2.14. The predicted octanol–water partition coefficient (Wildman–Crippen LogP) is 1.91. The summed E-state index contributed by atoms with van der Waals surface area (Å²) >= 11 is 0. The number of hydrogen-bond donors (Lipinski definition) is 1. The van der Waals surface area contributed by atoms with E-state index in [4.69, 9.17) is 10.5 Å². The average molecular weight is 220 g/mol. The van der Waals surface area contributed by atoms with E-state index in [2.05, 4.69) is 4.98 Å². The maximum Gasteiger partial charge on any atom is 0.0576 e. The van der Waals surface area contributed by atoms with Crippen LogP contribution in [0.5, 0.6) is 0 Å². The normalized spacial score (nSPS) is 22.2. The zero-order chi connectivity index (χ0) is 11.2. The van der Waals surface area contributed by atoms with Crippen molar-refractivity contribution in [1.82, 2.24) is 4.98 Å². The molecule has 0 aliphatic carbocycles. The van der Waals surface area contributed by atoms with Crippen LogP contribution >= 0.6 is 0 Å². The van der Waals surface area contributed by atoms with Gasteiger partial charge >= 0.3 is 0 Å². The van der Waals surface area contributed by atoms with Crippen molar-refractivity contribution in [3.05, 3.63) is 30.1 Å². The van der Waals surface area contributed by atoms with E-state index in [1.165, 1.54) is 18.4 Å². The Kier molecular flexibility index (Phi) is 4.31. The van der Waals surface area contributed by atoms with Gasteiger partial charge in [0.1, 0.15) is 0 Å². The van der Waals surface area contributed by atoms with Gasteiger partial charge in [-0.1, -0.05) is 0 Å². The third kappa shape index (κ3) is 3.58. The lowest BCUT2D eigenvalue weighted by molar-refractivity contribution is 0.101. The van der Waals surface area contributed by atoms with Crippen LogP contribution in [0, 0.1) is 0 Å². The van der Waals surface area contributed by atoms with Gasteiger partial charge in [0, 0.05) is 25.0 Å². The fourth-order valence-corrected chi connectivity index (χ4v) is 2.20. The van der Waals surface area contributed by atoms with E-state index in [-0.39, 0.29) is 6.04 Å². The topological polar surface area (TPSA) is 48.1 Å². The van der Waals surface area contributed by atoms with Gasteiger partial charge in [0.2, 0.25) is 0 Å². The number of rotatable bonds is 5. The van der Waals surface area contributed by atoms with Crippen LogP contribution in [0.4, 0.5) is 0 Å². The van der Waals surface area contributed by atoms with Crippen LogP contribution in [-0.4, -0.2) is 23.7 Å². The van der Waals surface area contributed by atoms with Crippen molar-refractivity contribution >= 4 is 0 Å². The molecule has 0 amide bonds. The summed E-state index contributed by atoms with van der Waals surface area (Å²) in [5.41, 5.74) is 7.38. The molecule has 1 aromatic heterocycles.